The van der Waals surface area contributed by atoms with Gasteiger partial charge in [0.05, 0.1) is 30.4 Å². The summed E-state index contributed by atoms with van der Waals surface area (Å²) in [6.07, 6.45) is 3.94. The molecule has 1 unspecified atom stereocenters. The number of aliphatic hydroxyl groups excluding tert-OH is 1. The maximum atomic E-state index is 11.7. The second-order valence-electron chi connectivity index (χ2n) is 6.20. The van der Waals surface area contributed by atoms with Gasteiger partial charge >= 0.3 is 0 Å². The van der Waals surface area contributed by atoms with Crippen LogP contribution < -0.4 is 0 Å². The van der Waals surface area contributed by atoms with Crippen molar-refractivity contribution in [1.82, 2.24) is 14.5 Å². The molecule has 0 aliphatic carbocycles. The fraction of sp³-hybridized carbons (Fsp3) is 0.412. The maximum Gasteiger partial charge on any atom is 0.219 e. The van der Waals surface area contributed by atoms with Gasteiger partial charge in [0, 0.05) is 31.5 Å². The van der Waals surface area contributed by atoms with Gasteiger partial charge in [-0.2, -0.15) is 0 Å². The molecular weight excluding hydrogens is 278 g/mol. The number of benzene rings is 1. The minimum Gasteiger partial charge on any atom is -0.393 e. The number of nitrogens with zero attached hydrogens (tertiary/aromatic N) is 3. The van der Waals surface area contributed by atoms with Crippen molar-refractivity contribution in [3.63, 3.8) is 0 Å². The highest BCUT2D eigenvalue weighted by molar-refractivity contribution is 5.73. The molecule has 0 radical (unpaired) electrons. The van der Waals surface area contributed by atoms with Crippen LogP contribution in [-0.2, 0) is 4.79 Å². The van der Waals surface area contributed by atoms with Crippen LogP contribution in [0.25, 0.3) is 11.3 Å². The van der Waals surface area contributed by atoms with Crippen molar-refractivity contribution in [1.29, 1.82) is 0 Å². The Morgan fingerprint density at radius 2 is 2.18 bits per heavy atom. The van der Waals surface area contributed by atoms with Crippen molar-refractivity contribution in [2.75, 3.05) is 13.1 Å². The van der Waals surface area contributed by atoms with Gasteiger partial charge < -0.3 is 14.6 Å². The van der Waals surface area contributed by atoms with Crippen LogP contribution in [0.4, 0.5) is 0 Å². The molecule has 4 rings (SSSR count). The van der Waals surface area contributed by atoms with Crippen molar-refractivity contribution in [3.8, 4) is 11.3 Å². The number of rotatable bonds is 1. The Kier molecular flexibility index (Phi) is 3.04. The summed E-state index contributed by atoms with van der Waals surface area (Å²) < 4.78 is 2.14. The predicted molar refractivity (Wildman–Crippen MR) is 82.2 cm³/mol. The zero-order chi connectivity index (χ0) is 15.3. The highest BCUT2D eigenvalue weighted by Gasteiger charge is 2.40. The van der Waals surface area contributed by atoms with Gasteiger partial charge in [-0.05, 0) is 12.0 Å². The lowest BCUT2D eigenvalue weighted by Gasteiger charge is -2.39. The smallest absolute Gasteiger partial charge is 0.219 e. The number of fused-ring (bicyclic) bond motifs is 3. The summed E-state index contributed by atoms with van der Waals surface area (Å²) in [5.74, 6) is 0.0725. The fourth-order valence-corrected chi connectivity index (χ4v) is 3.88. The van der Waals surface area contributed by atoms with Gasteiger partial charge in [-0.25, -0.2) is 4.98 Å². The van der Waals surface area contributed by atoms with Crippen LogP contribution in [0.3, 0.4) is 0 Å². The third-order valence-corrected chi connectivity index (χ3v) is 4.99. The van der Waals surface area contributed by atoms with E-state index in [4.69, 9.17) is 0 Å². The molecule has 5 heteroatoms. The van der Waals surface area contributed by atoms with Gasteiger partial charge in [0.15, 0.2) is 0 Å². The SMILES string of the molecule is CC(=O)N1CC[C@H](O)[C@@H](C2c3ccccc3-c3cncn32)C1. The Hall–Kier alpha value is -2.14. The molecule has 3 heterocycles. The number of amides is 1. The van der Waals surface area contributed by atoms with Crippen LogP contribution in [0, 0.1) is 5.92 Å². The molecule has 1 fully saturated rings. The molecule has 1 aromatic carbocycles. The first-order valence-electron chi connectivity index (χ1n) is 7.71. The molecule has 2 aliphatic rings. The number of likely N-dealkylation sites (tertiary alicyclic amines) is 1. The van der Waals surface area contributed by atoms with Crippen LogP contribution in [0.15, 0.2) is 36.8 Å². The monoisotopic (exact) mass is 297 g/mol. The van der Waals surface area contributed by atoms with E-state index in [1.165, 1.54) is 11.1 Å². The predicted octanol–water partition coefficient (Wildman–Crippen LogP) is 1.68. The van der Waals surface area contributed by atoms with Crippen LogP contribution in [-0.4, -0.2) is 44.7 Å². The molecule has 0 bridgehead atoms. The van der Waals surface area contributed by atoms with Gasteiger partial charge in [-0.15, -0.1) is 0 Å². The summed E-state index contributed by atoms with van der Waals surface area (Å²) in [6.45, 7) is 2.82. The van der Waals surface area contributed by atoms with E-state index in [0.717, 1.165) is 5.69 Å². The van der Waals surface area contributed by atoms with Crippen molar-refractivity contribution in [2.45, 2.75) is 25.5 Å². The van der Waals surface area contributed by atoms with Gasteiger partial charge in [0.2, 0.25) is 5.91 Å². The Morgan fingerprint density at radius 1 is 1.36 bits per heavy atom. The maximum absolute atomic E-state index is 11.7. The summed E-state index contributed by atoms with van der Waals surface area (Å²) >= 11 is 0. The number of aliphatic hydroxyl groups is 1. The number of carbonyl (C=O) groups excluding carboxylic acids is 1. The van der Waals surface area contributed by atoms with Crippen LogP contribution in [0.1, 0.15) is 24.9 Å². The van der Waals surface area contributed by atoms with E-state index in [1.54, 1.807) is 6.92 Å². The highest BCUT2D eigenvalue weighted by Crippen LogP contribution is 2.44. The average molecular weight is 297 g/mol. The first-order chi connectivity index (χ1) is 10.7. The van der Waals surface area contributed by atoms with Crippen LogP contribution in [0.5, 0.6) is 0 Å². The Bertz CT molecular complexity index is 724. The molecule has 0 saturated carbocycles. The molecule has 3 atom stereocenters. The first-order valence-corrected chi connectivity index (χ1v) is 7.71. The quantitative estimate of drug-likeness (QED) is 0.871. The summed E-state index contributed by atoms with van der Waals surface area (Å²) in [5.41, 5.74) is 3.49. The van der Waals surface area contributed by atoms with Crippen LogP contribution in [0.2, 0.25) is 0 Å². The number of hydrogen-bond donors (Lipinski definition) is 1. The molecule has 0 spiro atoms. The summed E-state index contributed by atoms with van der Waals surface area (Å²) in [4.78, 5) is 17.8. The summed E-state index contributed by atoms with van der Waals surface area (Å²) in [5, 5.41) is 10.5. The molecule has 1 amide bonds. The second-order valence-corrected chi connectivity index (χ2v) is 6.20. The van der Waals surface area contributed by atoms with Crippen molar-refractivity contribution >= 4 is 5.91 Å². The standard InChI is InChI=1S/C17H19N3O2/c1-11(21)19-7-6-16(22)14(9-19)17-13-5-3-2-4-12(13)15-8-18-10-20(15)17/h2-5,8,10,14,16-17,22H,6-7,9H2,1H3/t14-,16-,17?/m0/s1. The van der Waals surface area contributed by atoms with E-state index in [9.17, 15) is 9.90 Å². The normalized spacial score (nSPS) is 26.6. The van der Waals surface area contributed by atoms with Gasteiger partial charge in [-0.1, -0.05) is 24.3 Å². The zero-order valence-corrected chi connectivity index (χ0v) is 12.5. The molecule has 1 aromatic heterocycles. The minimum absolute atomic E-state index is 0.00532. The van der Waals surface area contributed by atoms with Crippen molar-refractivity contribution in [3.05, 3.63) is 42.4 Å². The molecule has 1 saturated heterocycles. The van der Waals surface area contributed by atoms with E-state index in [-0.39, 0.29) is 17.9 Å². The van der Waals surface area contributed by atoms with Crippen molar-refractivity contribution < 1.29 is 9.90 Å². The number of piperidine rings is 1. The highest BCUT2D eigenvalue weighted by atomic mass is 16.3. The Labute approximate surface area is 129 Å². The number of imidazole rings is 1. The average Bonchev–Trinajstić information content (AvgIpc) is 3.08. The molecular formula is C17H19N3O2. The largest absolute Gasteiger partial charge is 0.393 e. The molecule has 1 N–H and O–H groups in total. The fourth-order valence-electron chi connectivity index (χ4n) is 3.88. The van der Waals surface area contributed by atoms with Gasteiger partial charge in [0.1, 0.15) is 0 Å². The Balaban J connectivity index is 1.77. The second kappa shape index (κ2) is 4.95. The molecule has 5 nitrogen and oxygen atoms in total. The van der Waals surface area contributed by atoms with E-state index in [0.29, 0.717) is 19.5 Å². The third-order valence-electron chi connectivity index (χ3n) is 4.99. The number of hydrogen-bond acceptors (Lipinski definition) is 3. The van der Waals surface area contributed by atoms with E-state index in [1.807, 2.05) is 29.6 Å². The lowest BCUT2D eigenvalue weighted by Crippen LogP contribution is -2.48. The van der Waals surface area contributed by atoms with Gasteiger partial charge in [-0.3, -0.25) is 4.79 Å². The third kappa shape index (κ3) is 1.89. The topological polar surface area (TPSA) is 58.4 Å². The zero-order valence-electron chi connectivity index (χ0n) is 12.5. The minimum atomic E-state index is -0.401. The van der Waals surface area contributed by atoms with Crippen molar-refractivity contribution in [2.24, 2.45) is 5.92 Å². The first kappa shape index (κ1) is 13.5. The number of carbonyl (C=O) groups is 1. The summed E-state index contributed by atoms with van der Waals surface area (Å²) in [6, 6.07) is 8.32. The Morgan fingerprint density at radius 3 is 3.00 bits per heavy atom. The van der Waals surface area contributed by atoms with E-state index < -0.39 is 6.10 Å². The molecule has 114 valence electrons. The van der Waals surface area contributed by atoms with E-state index >= 15 is 0 Å². The molecule has 22 heavy (non-hydrogen) atoms. The lowest BCUT2D eigenvalue weighted by molar-refractivity contribution is -0.133. The molecule has 2 aromatic rings. The molecule has 2 aliphatic heterocycles. The number of aromatic nitrogens is 2. The van der Waals surface area contributed by atoms with E-state index in [2.05, 4.69) is 21.7 Å². The summed E-state index contributed by atoms with van der Waals surface area (Å²) in [7, 11) is 0. The van der Waals surface area contributed by atoms with Gasteiger partial charge in [0.25, 0.3) is 0 Å². The lowest BCUT2D eigenvalue weighted by atomic mass is 9.84. The van der Waals surface area contributed by atoms with Crippen LogP contribution >= 0.6 is 0 Å².